The Balaban J connectivity index is 2.52. The van der Waals surface area contributed by atoms with Crippen LogP contribution in [0.1, 0.15) is 11.1 Å². The van der Waals surface area contributed by atoms with Crippen molar-refractivity contribution in [3.05, 3.63) is 43.2 Å². The van der Waals surface area contributed by atoms with Gasteiger partial charge < -0.3 is 4.55 Å². The van der Waals surface area contributed by atoms with Gasteiger partial charge in [0.25, 0.3) is 0 Å². The molecule has 0 fully saturated rings. The molecule has 0 aliphatic carbocycles. The lowest BCUT2D eigenvalue weighted by atomic mass is 10.2. The first-order chi connectivity index (χ1) is 10.1. The molecule has 2 rings (SSSR count). The lowest BCUT2D eigenvalue weighted by molar-refractivity contribution is -0.137. The van der Waals surface area contributed by atoms with E-state index in [0.717, 1.165) is 16.8 Å². The second-order valence-corrected chi connectivity index (χ2v) is 6.86. The molecule has 2 aromatic rings. The van der Waals surface area contributed by atoms with Crippen LogP contribution in [0.25, 0.3) is 5.69 Å². The van der Waals surface area contributed by atoms with Crippen molar-refractivity contribution in [1.29, 1.82) is 0 Å². The third-order valence-electron chi connectivity index (χ3n) is 2.59. The molecule has 120 valence electrons. The lowest BCUT2D eigenvalue weighted by Gasteiger charge is -2.12. The van der Waals surface area contributed by atoms with Crippen LogP contribution in [0, 0.1) is 3.70 Å². The Morgan fingerprint density at radius 3 is 2.32 bits per heavy atom. The quantitative estimate of drug-likeness (QED) is 0.486. The second kappa shape index (κ2) is 6.63. The maximum absolute atomic E-state index is 12.7. The van der Waals surface area contributed by atoms with Gasteiger partial charge in [-0.15, -0.1) is 0 Å². The summed E-state index contributed by atoms with van der Waals surface area (Å²) in [7, 11) is 0. The Bertz CT molecular complexity index is 728. The van der Waals surface area contributed by atoms with Crippen molar-refractivity contribution >= 4 is 56.9 Å². The van der Waals surface area contributed by atoms with Gasteiger partial charge in [0, 0.05) is 17.5 Å². The van der Waals surface area contributed by atoms with Gasteiger partial charge in [0.2, 0.25) is 0 Å². The van der Waals surface area contributed by atoms with Crippen molar-refractivity contribution in [2.75, 3.05) is 0 Å². The van der Waals surface area contributed by atoms with Crippen LogP contribution in [-0.2, 0) is 23.0 Å². The van der Waals surface area contributed by atoms with Gasteiger partial charge >= 0.3 is 6.18 Å². The fourth-order valence-corrected chi connectivity index (χ4v) is 3.62. The van der Waals surface area contributed by atoms with E-state index in [4.69, 9.17) is 23.2 Å². The van der Waals surface area contributed by atoms with Crippen molar-refractivity contribution in [3.63, 3.8) is 0 Å². The van der Waals surface area contributed by atoms with E-state index in [1.54, 1.807) is 0 Å². The van der Waals surface area contributed by atoms with E-state index < -0.39 is 22.8 Å². The fraction of sp³-hybridized carbons (Fsp3) is 0.182. The molecule has 0 spiro atoms. The SMILES string of the molecule is O=S([O-])Cc1cn(-c2c(Cl)cc(C(F)(F)F)cc2Cl)nc1I. The van der Waals surface area contributed by atoms with E-state index in [1.807, 2.05) is 22.6 Å². The molecule has 22 heavy (non-hydrogen) atoms. The predicted octanol–water partition coefficient (Wildman–Crippen LogP) is 4.18. The summed E-state index contributed by atoms with van der Waals surface area (Å²) in [5.74, 6) is -0.270. The average Bonchev–Trinajstić information content (AvgIpc) is 2.67. The Morgan fingerprint density at radius 2 is 1.86 bits per heavy atom. The zero-order valence-electron chi connectivity index (χ0n) is 10.3. The lowest BCUT2D eigenvalue weighted by Crippen LogP contribution is -2.07. The molecule has 0 bridgehead atoms. The molecule has 0 amide bonds. The molecule has 0 aliphatic heterocycles. The Hall–Kier alpha value is -0.360. The molecular formula is C11H5Cl2F3IN2O2S-. The highest BCUT2D eigenvalue weighted by molar-refractivity contribution is 14.1. The molecule has 0 radical (unpaired) electrons. The fourth-order valence-electron chi connectivity index (χ4n) is 1.67. The van der Waals surface area contributed by atoms with Gasteiger partial charge in [-0.25, -0.2) is 4.68 Å². The largest absolute Gasteiger partial charge is 0.772 e. The maximum Gasteiger partial charge on any atom is 0.416 e. The molecular weight excluding hydrogens is 479 g/mol. The smallest absolute Gasteiger partial charge is 0.416 e. The topological polar surface area (TPSA) is 57.9 Å². The highest BCUT2D eigenvalue weighted by Crippen LogP contribution is 2.37. The van der Waals surface area contributed by atoms with Gasteiger partial charge in [0.1, 0.15) is 9.39 Å². The number of alkyl halides is 3. The first kappa shape index (κ1) is 18.0. The third kappa shape index (κ3) is 3.94. The number of halogens is 6. The molecule has 1 unspecified atom stereocenters. The van der Waals surface area contributed by atoms with Crippen molar-refractivity contribution in [3.8, 4) is 5.69 Å². The number of aromatic nitrogens is 2. The Morgan fingerprint density at radius 1 is 1.32 bits per heavy atom. The number of benzene rings is 1. The highest BCUT2D eigenvalue weighted by Gasteiger charge is 2.32. The van der Waals surface area contributed by atoms with E-state index >= 15 is 0 Å². The molecule has 11 heteroatoms. The minimum atomic E-state index is -4.57. The van der Waals surface area contributed by atoms with Crippen LogP contribution in [0.2, 0.25) is 10.0 Å². The van der Waals surface area contributed by atoms with Gasteiger partial charge in [0.15, 0.2) is 0 Å². The summed E-state index contributed by atoms with van der Waals surface area (Å²) < 4.78 is 61.1. The Kier molecular flexibility index (Phi) is 5.42. The van der Waals surface area contributed by atoms with E-state index in [2.05, 4.69) is 5.10 Å². The zero-order chi connectivity index (χ0) is 16.7. The summed E-state index contributed by atoms with van der Waals surface area (Å²) >= 11 is 11.2. The van der Waals surface area contributed by atoms with Crippen LogP contribution in [0.15, 0.2) is 18.3 Å². The number of hydrogen-bond acceptors (Lipinski definition) is 3. The van der Waals surface area contributed by atoms with Crippen molar-refractivity contribution < 1.29 is 21.9 Å². The van der Waals surface area contributed by atoms with Gasteiger partial charge in [0.05, 0.1) is 15.6 Å². The van der Waals surface area contributed by atoms with Crippen LogP contribution in [-0.4, -0.2) is 18.5 Å². The van der Waals surface area contributed by atoms with Crippen molar-refractivity contribution in [2.24, 2.45) is 0 Å². The van der Waals surface area contributed by atoms with Crippen molar-refractivity contribution in [1.82, 2.24) is 9.78 Å². The molecule has 1 aromatic carbocycles. The van der Waals surface area contributed by atoms with Gasteiger partial charge in [-0.05, 0) is 34.7 Å². The summed E-state index contributed by atoms with van der Waals surface area (Å²) in [5, 5.41) is 3.54. The zero-order valence-corrected chi connectivity index (χ0v) is 14.8. The van der Waals surface area contributed by atoms with Crippen LogP contribution < -0.4 is 0 Å². The third-order valence-corrected chi connectivity index (χ3v) is 4.62. The first-order valence-electron chi connectivity index (χ1n) is 5.46. The molecule has 1 heterocycles. The predicted molar refractivity (Wildman–Crippen MR) is 83.9 cm³/mol. The number of rotatable bonds is 3. The van der Waals surface area contributed by atoms with Crippen molar-refractivity contribution in [2.45, 2.75) is 11.9 Å². The van der Waals surface area contributed by atoms with E-state index in [-0.39, 0.29) is 21.5 Å². The number of hydrogen-bond donors (Lipinski definition) is 0. The normalized spacial score (nSPS) is 13.4. The maximum atomic E-state index is 12.7. The summed E-state index contributed by atoms with van der Waals surface area (Å²) in [6.07, 6.45) is -3.22. The molecule has 1 atom stereocenters. The van der Waals surface area contributed by atoms with E-state index in [0.29, 0.717) is 9.26 Å². The monoisotopic (exact) mass is 483 g/mol. The molecule has 4 nitrogen and oxygen atoms in total. The Labute approximate surface area is 149 Å². The van der Waals surface area contributed by atoms with Crippen LogP contribution >= 0.6 is 45.8 Å². The minimum Gasteiger partial charge on any atom is -0.772 e. The van der Waals surface area contributed by atoms with Crippen LogP contribution in [0.5, 0.6) is 0 Å². The molecule has 0 aliphatic rings. The molecule has 1 aromatic heterocycles. The molecule has 0 N–H and O–H groups in total. The first-order valence-corrected chi connectivity index (χ1v) is 8.54. The molecule has 0 saturated carbocycles. The average molecular weight is 484 g/mol. The van der Waals surface area contributed by atoms with Gasteiger partial charge in [-0.3, -0.25) is 4.21 Å². The van der Waals surface area contributed by atoms with Gasteiger partial charge in [-0.2, -0.15) is 18.3 Å². The molecule has 0 saturated heterocycles. The van der Waals surface area contributed by atoms with E-state index in [1.165, 1.54) is 6.20 Å². The minimum absolute atomic E-state index is 0.0529. The van der Waals surface area contributed by atoms with Gasteiger partial charge in [-0.1, -0.05) is 34.3 Å². The highest BCUT2D eigenvalue weighted by atomic mass is 127. The van der Waals surface area contributed by atoms with Crippen LogP contribution in [0.4, 0.5) is 13.2 Å². The summed E-state index contributed by atoms with van der Waals surface area (Å²) in [4.78, 5) is 0. The van der Waals surface area contributed by atoms with Crippen LogP contribution in [0.3, 0.4) is 0 Å². The summed E-state index contributed by atoms with van der Waals surface area (Å²) in [6, 6.07) is 1.48. The van der Waals surface area contributed by atoms with E-state index in [9.17, 15) is 21.9 Å². The summed E-state index contributed by atoms with van der Waals surface area (Å²) in [6.45, 7) is 0. The summed E-state index contributed by atoms with van der Waals surface area (Å²) in [5.41, 5.74) is -0.535. The second-order valence-electron chi connectivity index (χ2n) is 4.12. The number of nitrogens with zero attached hydrogens (tertiary/aromatic N) is 2. The standard InChI is InChI=1S/C11H6Cl2F3IN2O2S/c12-7-1-6(11(14,15)16)2-8(13)9(7)19-3-5(4-22(20)21)10(17)18-19/h1-3H,4H2,(H,20,21)/p-1.